The lowest BCUT2D eigenvalue weighted by Crippen LogP contribution is -2.41. The summed E-state index contributed by atoms with van der Waals surface area (Å²) in [7, 11) is -0.726. The molecule has 1 rings (SSSR count). The first-order valence-electron chi connectivity index (χ1n) is 6.54. The van der Waals surface area contributed by atoms with E-state index < -0.39 is 10.8 Å². The van der Waals surface area contributed by atoms with Crippen LogP contribution in [0.25, 0.3) is 0 Å². The average molecular weight is 297 g/mol. The summed E-state index contributed by atoms with van der Waals surface area (Å²) in [6.07, 6.45) is 5.24. The van der Waals surface area contributed by atoms with Gasteiger partial charge in [-0.2, -0.15) is 0 Å². The maximum absolute atomic E-state index is 11.8. The number of hydrogen-bond acceptors (Lipinski definition) is 3. The fourth-order valence-corrected chi connectivity index (χ4v) is 3.66. The summed E-state index contributed by atoms with van der Waals surface area (Å²) in [4.78, 5) is 11.6. The predicted molar refractivity (Wildman–Crippen MR) is 78.4 cm³/mol. The van der Waals surface area contributed by atoms with E-state index in [1.807, 2.05) is 6.92 Å². The number of amides is 1. The Kier molecular flexibility index (Phi) is 9.68. The highest BCUT2D eigenvalue weighted by molar-refractivity contribution is 7.85. The van der Waals surface area contributed by atoms with Crippen LogP contribution in [0.2, 0.25) is 0 Å². The fraction of sp³-hybridized carbons (Fsp3) is 0.917. The van der Waals surface area contributed by atoms with Gasteiger partial charge in [0.1, 0.15) is 0 Å². The second-order valence-electron chi connectivity index (χ2n) is 4.61. The maximum Gasteiger partial charge on any atom is 0.220 e. The molecule has 0 bridgehead atoms. The van der Waals surface area contributed by atoms with E-state index in [9.17, 15) is 9.00 Å². The Bertz CT molecular complexity index is 277. The standard InChI is InChI=1S/C12H24N2O2S.ClH/c1-2-17(16)11-6-3-5-10(9-11)14-12(15)7-4-8-13;/h10-11H,2-9,13H2,1H3,(H,14,15);1H. The van der Waals surface area contributed by atoms with Gasteiger partial charge < -0.3 is 11.1 Å². The minimum atomic E-state index is -0.726. The summed E-state index contributed by atoms with van der Waals surface area (Å²) >= 11 is 0. The van der Waals surface area contributed by atoms with Crippen LogP contribution in [0.15, 0.2) is 0 Å². The molecule has 0 aliphatic heterocycles. The highest BCUT2D eigenvalue weighted by Gasteiger charge is 2.26. The molecule has 18 heavy (non-hydrogen) atoms. The topological polar surface area (TPSA) is 72.2 Å². The molecular formula is C12H25ClN2O2S. The van der Waals surface area contributed by atoms with E-state index in [0.717, 1.165) is 37.9 Å². The molecule has 0 saturated heterocycles. The van der Waals surface area contributed by atoms with Crippen LogP contribution in [0, 0.1) is 0 Å². The van der Waals surface area contributed by atoms with Gasteiger partial charge in [0.05, 0.1) is 0 Å². The monoisotopic (exact) mass is 296 g/mol. The first-order valence-corrected chi connectivity index (χ1v) is 7.92. The zero-order valence-corrected chi connectivity index (χ0v) is 12.7. The van der Waals surface area contributed by atoms with Crippen molar-refractivity contribution in [2.75, 3.05) is 12.3 Å². The van der Waals surface area contributed by atoms with Gasteiger partial charge in [-0.1, -0.05) is 13.3 Å². The van der Waals surface area contributed by atoms with Crippen LogP contribution in [-0.4, -0.2) is 33.7 Å². The second-order valence-corrected chi connectivity index (χ2v) is 6.62. The van der Waals surface area contributed by atoms with Crippen LogP contribution in [0.5, 0.6) is 0 Å². The number of hydrogen-bond donors (Lipinski definition) is 2. The largest absolute Gasteiger partial charge is 0.353 e. The Hall–Kier alpha value is -0.130. The molecule has 108 valence electrons. The van der Waals surface area contributed by atoms with Crippen molar-refractivity contribution in [1.82, 2.24) is 5.32 Å². The molecular weight excluding hydrogens is 272 g/mol. The van der Waals surface area contributed by atoms with E-state index in [1.165, 1.54) is 0 Å². The van der Waals surface area contributed by atoms with Crippen molar-refractivity contribution >= 4 is 29.1 Å². The molecule has 6 heteroatoms. The van der Waals surface area contributed by atoms with Crippen molar-refractivity contribution in [3.63, 3.8) is 0 Å². The van der Waals surface area contributed by atoms with E-state index in [-0.39, 0.29) is 29.6 Å². The third kappa shape index (κ3) is 6.16. The van der Waals surface area contributed by atoms with Gasteiger partial charge in [0, 0.05) is 34.3 Å². The Morgan fingerprint density at radius 1 is 1.44 bits per heavy atom. The summed E-state index contributed by atoms with van der Waals surface area (Å²) in [5.41, 5.74) is 5.37. The summed E-state index contributed by atoms with van der Waals surface area (Å²) in [6, 6.07) is 0.217. The van der Waals surface area contributed by atoms with Crippen LogP contribution < -0.4 is 11.1 Å². The first kappa shape index (κ1) is 17.9. The molecule has 0 aromatic rings. The van der Waals surface area contributed by atoms with Crippen molar-refractivity contribution in [2.24, 2.45) is 5.73 Å². The fourth-order valence-electron chi connectivity index (χ4n) is 2.31. The minimum absolute atomic E-state index is 0. The van der Waals surface area contributed by atoms with E-state index in [0.29, 0.717) is 13.0 Å². The second kappa shape index (κ2) is 9.75. The maximum atomic E-state index is 11.8. The van der Waals surface area contributed by atoms with E-state index in [1.54, 1.807) is 0 Å². The highest BCUT2D eigenvalue weighted by atomic mass is 35.5. The van der Waals surface area contributed by atoms with Crippen molar-refractivity contribution in [1.29, 1.82) is 0 Å². The van der Waals surface area contributed by atoms with Crippen LogP contribution in [0.4, 0.5) is 0 Å². The van der Waals surface area contributed by atoms with Gasteiger partial charge in [-0.3, -0.25) is 9.00 Å². The first-order chi connectivity index (χ1) is 8.17. The van der Waals surface area contributed by atoms with Crippen LogP contribution in [0.1, 0.15) is 45.4 Å². The van der Waals surface area contributed by atoms with Crippen molar-refractivity contribution in [3.05, 3.63) is 0 Å². The normalized spacial score (nSPS) is 25.0. The van der Waals surface area contributed by atoms with Crippen LogP contribution in [-0.2, 0) is 15.6 Å². The smallest absolute Gasteiger partial charge is 0.220 e. The molecule has 4 nitrogen and oxygen atoms in total. The molecule has 1 fully saturated rings. The zero-order valence-electron chi connectivity index (χ0n) is 11.0. The van der Waals surface area contributed by atoms with Gasteiger partial charge in [-0.05, 0) is 32.2 Å². The molecule has 0 heterocycles. The van der Waals surface area contributed by atoms with Gasteiger partial charge in [-0.15, -0.1) is 12.4 Å². The zero-order chi connectivity index (χ0) is 12.7. The number of rotatable bonds is 6. The summed E-state index contributed by atoms with van der Waals surface area (Å²) in [5, 5.41) is 3.31. The number of carbonyl (C=O) groups excluding carboxylic acids is 1. The van der Waals surface area contributed by atoms with E-state index in [4.69, 9.17) is 5.73 Å². The molecule has 1 amide bonds. The minimum Gasteiger partial charge on any atom is -0.353 e. The summed E-state index contributed by atoms with van der Waals surface area (Å²) in [6.45, 7) is 2.51. The van der Waals surface area contributed by atoms with Gasteiger partial charge in [0.25, 0.3) is 0 Å². The van der Waals surface area contributed by atoms with Crippen molar-refractivity contribution in [2.45, 2.75) is 56.7 Å². The van der Waals surface area contributed by atoms with Crippen LogP contribution in [0.3, 0.4) is 0 Å². The van der Waals surface area contributed by atoms with Crippen LogP contribution >= 0.6 is 12.4 Å². The summed E-state index contributed by atoms with van der Waals surface area (Å²) < 4.78 is 11.8. The molecule has 1 saturated carbocycles. The predicted octanol–water partition coefficient (Wildman–Crippen LogP) is 1.34. The molecule has 0 spiro atoms. The van der Waals surface area contributed by atoms with Crippen molar-refractivity contribution in [3.8, 4) is 0 Å². The lowest BCUT2D eigenvalue weighted by Gasteiger charge is -2.29. The van der Waals surface area contributed by atoms with E-state index in [2.05, 4.69) is 5.32 Å². The number of nitrogens with two attached hydrogens (primary N) is 1. The lowest BCUT2D eigenvalue weighted by molar-refractivity contribution is -0.122. The van der Waals surface area contributed by atoms with Gasteiger partial charge >= 0.3 is 0 Å². The summed E-state index contributed by atoms with van der Waals surface area (Å²) in [5.74, 6) is 0.807. The number of carbonyl (C=O) groups is 1. The van der Waals surface area contributed by atoms with Gasteiger partial charge in [0.2, 0.25) is 5.91 Å². The highest BCUT2D eigenvalue weighted by Crippen LogP contribution is 2.23. The molecule has 1 aliphatic rings. The third-order valence-electron chi connectivity index (χ3n) is 3.26. The SMILES string of the molecule is CCS(=O)C1CCCC(NC(=O)CCCN)C1.Cl. The third-order valence-corrected chi connectivity index (χ3v) is 5.00. The Balaban J connectivity index is 0.00000289. The van der Waals surface area contributed by atoms with Gasteiger partial charge in [0.15, 0.2) is 0 Å². The molecule has 3 N–H and O–H groups in total. The Morgan fingerprint density at radius 2 is 2.17 bits per heavy atom. The van der Waals surface area contributed by atoms with Crippen molar-refractivity contribution < 1.29 is 9.00 Å². The molecule has 3 atom stereocenters. The van der Waals surface area contributed by atoms with Gasteiger partial charge in [-0.25, -0.2) is 0 Å². The number of nitrogens with one attached hydrogen (secondary N) is 1. The number of halogens is 1. The quantitative estimate of drug-likeness (QED) is 0.777. The molecule has 0 radical (unpaired) electrons. The molecule has 3 unspecified atom stereocenters. The Morgan fingerprint density at radius 3 is 2.78 bits per heavy atom. The molecule has 0 aromatic heterocycles. The lowest BCUT2D eigenvalue weighted by atomic mass is 9.95. The molecule has 1 aliphatic carbocycles. The molecule has 0 aromatic carbocycles. The average Bonchev–Trinajstić information content (AvgIpc) is 2.35. The Labute approximate surface area is 118 Å². The van der Waals surface area contributed by atoms with E-state index >= 15 is 0 Å².